The molecule has 1 heterocycles. The number of carbonyl (C=O) groups is 1. The van der Waals surface area contributed by atoms with Gasteiger partial charge in [0.15, 0.2) is 0 Å². The first-order valence-electron chi connectivity index (χ1n) is 2.99. The molecule has 11 heavy (non-hydrogen) atoms. The van der Waals surface area contributed by atoms with Crippen molar-refractivity contribution in [2.24, 2.45) is 5.16 Å². The number of nitrogens with zero attached hydrogens (tertiary/aromatic N) is 1. The van der Waals surface area contributed by atoms with Crippen LogP contribution in [0.1, 0.15) is 0 Å². The number of oxime groups is 1. The maximum absolute atomic E-state index is 10.5. The predicted molar refractivity (Wildman–Crippen MR) is 47.9 cm³/mol. The lowest BCUT2D eigenvalue weighted by atomic mass is 10.9. The molecule has 1 rings (SSSR count). The highest BCUT2D eigenvalue weighted by Crippen LogP contribution is 2.24. The van der Waals surface area contributed by atoms with Crippen molar-refractivity contribution in [2.75, 3.05) is 17.9 Å². The third-order valence-corrected chi connectivity index (χ3v) is 3.32. The van der Waals surface area contributed by atoms with Gasteiger partial charge in [0.1, 0.15) is 5.04 Å². The third kappa shape index (κ3) is 3.02. The molecule has 0 aromatic carbocycles. The zero-order valence-corrected chi connectivity index (χ0v) is 7.63. The van der Waals surface area contributed by atoms with Crippen molar-refractivity contribution in [3.05, 3.63) is 0 Å². The molecule has 4 nitrogen and oxygen atoms in total. The van der Waals surface area contributed by atoms with Crippen LogP contribution in [0.15, 0.2) is 5.16 Å². The Kier molecular flexibility index (Phi) is 3.58. The highest BCUT2D eigenvalue weighted by atomic mass is 32.2. The second-order valence-corrected chi connectivity index (χ2v) is 4.12. The van der Waals surface area contributed by atoms with Crippen LogP contribution in [-0.4, -0.2) is 29.0 Å². The van der Waals surface area contributed by atoms with E-state index >= 15 is 0 Å². The minimum atomic E-state index is -0.519. The Hall–Kier alpha value is -0.360. The largest absolute Gasteiger partial charge is 0.433 e. The van der Waals surface area contributed by atoms with Gasteiger partial charge in [-0.3, -0.25) is 4.84 Å². The first-order chi connectivity index (χ1) is 5.33. The smallest absolute Gasteiger partial charge is 0.323 e. The summed E-state index contributed by atoms with van der Waals surface area (Å²) in [5.41, 5.74) is 0. The summed E-state index contributed by atoms with van der Waals surface area (Å²) in [5, 5.41) is 7.81. The summed E-state index contributed by atoms with van der Waals surface area (Å²) in [5.74, 6) is 0.849. The van der Waals surface area contributed by atoms with Crippen LogP contribution in [0.3, 0.4) is 0 Å². The normalized spacial score (nSPS) is 20.3. The molecule has 1 aliphatic rings. The van der Waals surface area contributed by atoms with E-state index in [-0.39, 0.29) is 0 Å². The number of nitrogens with one attached hydrogen (secondary N) is 1. The van der Waals surface area contributed by atoms with Crippen LogP contribution < -0.4 is 5.32 Å². The van der Waals surface area contributed by atoms with Crippen molar-refractivity contribution in [3.63, 3.8) is 0 Å². The molecule has 1 saturated heterocycles. The Morgan fingerprint density at radius 1 is 1.82 bits per heavy atom. The average molecular weight is 192 g/mol. The molecule has 0 aromatic rings. The summed E-state index contributed by atoms with van der Waals surface area (Å²) in [6.45, 7) is 0. The average Bonchev–Trinajstić information content (AvgIpc) is 2.52. The van der Waals surface area contributed by atoms with Gasteiger partial charge in [-0.2, -0.15) is 0 Å². The van der Waals surface area contributed by atoms with Gasteiger partial charge in [0, 0.05) is 17.9 Å². The van der Waals surface area contributed by atoms with Crippen molar-refractivity contribution in [1.29, 1.82) is 0 Å². The summed E-state index contributed by atoms with van der Waals surface area (Å²) >= 11 is 3.36. The summed E-state index contributed by atoms with van der Waals surface area (Å²) < 4.78 is 0. The van der Waals surface area contributed by atoms with Crippen molar-refractivity contribution in [3.8, 4) is 0 Å². The quantitative estimate of drug-likeness (QED) is 0.499. The van der Waals surface area contributed by atoms with Gasteiger partial charge >= 0.3 is 6.09 Å². The fourth-order valence-electron chi connectivity index (χ4n) is 0.471. The Balaban J connectivity index is 2.28. The number of rotatable bonds is 1. The molecule has 0 aromatic heterocycles. The summed E-state index contributed by atoms with van der Waals surface area (Å²) in [6, 6.07) is 0. The molecule has 1 fully saturated rings. The Morgan fingerprint density at radius 2 is 2.64 bits per heavy atom. The first kappa shape index (κ1) is 8.73. The topological polar surface area (TPSA) is 50.7 Å². The lowest BCUT2D eigenvalue weighted by Gasteiger charge is -1.94. The molecule has 0 aliphatic carbocycles. The van der Waals surface area contributed by atoms with Crippen molar-refractivity contribution >= 4 is 34.7 Å². The third-order valence-electron chi connectivity index (χ3n) is 0.969. The fraction of sp³-hybridized carbons (Fsp3) is 0.600. The van der Waals surface area contributed by atoms with Crippen LogP contribution in [0.5, 0.6) is 0 Å². The molecule has 0 bridgehead atoms. The van der Waals surface area contributed by atoms with Gasteiger partial charge in [-0.25, -0.2) is 4.79 Å². The molecule has 6 heteroatoms. The highest BCUT2D eigenvalue weighted by molar-refractivity contribution is 8.29. The SMILES string of the molecule is CNC(=O)O/N=C1\CSCS1. The summed E-state index contributed by atoms with van der Waals surface area (Å²) in [4.78, 5) is 15.0. The Labute approximate surface area is 73.1 Å². The minimum absolute atomic E-state index is 0.519. The number of amides is 1. The molecule has 1 N–H and O–H groups in total. The van der Waals surface area contributed by atoms with E-state index in [0.29, 0.717) is 0 Å². The molecular formula is C5H8N2O2S2. The lowest BCUT2D eigenvalue weighted by molar-refractivity contribution is 0.153. The van der Waals surface area contributed by atoms with E-state index in [1.807, 2.05) is 0 Å². The zero-order chi connectivity index (χ0) is 8.10. The van der Waals surface area contributed by atoms with E-state index in [1.54, 1.807) is 23.5 Å². The summed E-state index contributed by atoms with van der Waals surface area (Å²) in [6.07, 6.45) is -0.519. The van der Waals surface area contributed by atoms with Crippen molar-refractivity contribution in [2.45, 2.75) is 0 Å². The van der Waals surface area contributed by atoms with Crippen LogP contribution in [0.2, 0.25) is 0 Å². The zero-order valence-electron chi connectivity index (χ0n) is 5.99. The molecule has 1 amide bonds. The van der Waals surface area contributed by atoms with E-state index in [1.165, 1.54) is 7.05 Å². The predicted octanol–water partition coefficient (Wildman–Crippen LogP) is 1.09. The highest BCUT2D eigenvalue weighted by Gasteiger charge is 2.10. The van der Waals surface area contributed by atoms with Gasteiger partial charge in [-0.1, -0.05) is 16.9 Å². The van der Waals surface area contributed by atoms with Gasteiger partial charge < -0.3 is 5.32 Å². The number of carbonyl (C=O) groups excluding carboxylic acids is 1. The first-order valence-corrected chi connectivity index (χ1v) is 5.13. The Morgan fingerprint density at radius 3 is 3.18 bits per heavy atom. The molecule has 0 unspecified atom stereocenters. The molecular weight excluding hydrogens is 184 g/mol. The molecule has 62 valence electrons. The summed E-state index contributed by atoms with van der Waals surface area (Å²) in [7, 11) is 1.50. The molecule has 0 spiro atoms. The van der Waals surface area contributed by atoms with E-state index in [0.717, 1.165) is 15.9 Å². The van der Waals surface area contributed by atoms with Crippen LogP contribution in [0.25, 0.3) is 0 Å². The molecule has 1 aliphatic heterocycles. The van der Waals surface area contributed by atoms with Crippen LogP contribution in [0.4, 0.5) is 4.79 Å². The number of hydrogen-bond acceptors (Lipinski definition) is 5. The standard InChI is InChI=1S/C5H8N2O2S2/c1-6-5(8)9-7-4-2-10-3-11-4/h2-3H2,1H3,(H,6,8)/b7-4+. The minimum Gasteiger partial charge on any atom is -0.323 e. The fourth-order valence-corrected chi connectivity index (χ4v) is 2.58. The lowest BCUT2D eigenvalue weighted by Crippen LogP contribution is -2.17. The van der Waals surface area contributed by atoms with Crippen LogP contribution in [0, 0.1) is 0 Å². The van der Waals surface area contributed by atoms with Gasteiger partial charge in [0.2, 0.25) is 0 Å². The second-order valence-electron chi connectivity index (χ2n) is 1.72. The van der Waals surface area contributed by atoms with Gasteiger partial charge in [0.25, 0.3) is 0 Å². The van der Waals surface area contributed by atoms with E-state index in [4.69, 9.17) is 0 Å². The van der Waals surface area contributed by atoms with Gasteiger partial charge in [-0.15, -0.1) is 11.8 Å². The van der Waals surface area contributed by atoms with E-state index in [9.17, 15) is 4.79 Å². The maximum atomic E-state index is 10.5. The monoisotopic (exact) mass is 192 g/mol. The van der Waals surface area contributed by atoms with Gasteiger partial charge in [0.05, 0.1) is 0 Å². The van der Waals surface area contributed by atoms with Gasteiger partial charge in [-0.05, 0) is 0 Å². The van der Waals surface area contributed by atoms with Crippen molar-refractivity contribution < 1.29 is 9.63 Å². The Bertz CT molecular complexity index is 175. The van der Waals surface area contributed by atoms with Crippen molar-refractivity contribution in [1.82, 2.24) is 5.32 Å². The van der Waals surface area contributed by atoms with E-state index < -0.39 is 6.09 Å². The van der Waals surface area contributed by atoms with Crippen LogP contribution in [-0.2, 0) is 4.84 Å². The number of thioether (sulfide) groups is 2. The molecule has 0 saturated carbocycles. The van der Waals surface area contributed by atoms with E-state index in [2.05, 4.69) is 15.3 Å². The maximum Gasteiger partial charge on any atom is 0.433 e. The number of hydrogen-bond donors (Lipinski definition) is 1. The molecule has 0 atom stereocenters. The van der Waals surface area contributed by atoms with Crippen LogP contribution >= 0.6 is 23.5 Å². The molecule has 0 radical (unpaired) electrons. The second kappa shape index (κ2) is 4.50.